The van der Waals surface area contributed by atoms with Crippen molar-refractivity contribution in [3.63, 3.8) is 0 Å². The predicted octanol–water partition coefficient (Wildman–Crippen LogP) is -0.0909. The third-order valence-corrected chi connectivity index (χ3v) is 3.68. The van der Waals surface area contributed by atoms with Gasteiger partial charge in [-0.15, -0.1) is 0 Å². The molecule has 0 aliphatic carbocycles. The van der Waals surface area contributed by atoms with Crippen molar-refractivity contribution in [3.8, 4) is 0 Å². The van der Waals surface area contributed by atoms with Gasteiger partial charge in [0.1, 0.15) is 0 Å². The molecule has 1 aliphatic rings. The van der Waals surface area contributed by atoms with Gasteiger partial charge < -0.3 is 19.6 Å². The lowest BCUT2D eigenvalue weighted by atomic mass is 9.84. The Morgan fingerprint density at radius 3 is 2.33 bits per heavy atom. The van der Waals surface area contributed by atoms with E-state index in [1.807, 2.05) is 0 Å². The zero-order valence-corrected chi connectivity index (χ0v) is 7.70. The van der Waals surface area contributed by atoms with Crippen LogP contribution in [-0.2, 0) is 9.30 Å². The van der Waals surface area contributed by atoms with Gasteiger partial charge >= 0.3 is 7.60 Å². The van der Waals surface area contributed by atoms with E-state index in [0.717, 1.165) is 0 Å². The number of aliphatic hydroxyl groups is 1. The third kappa shape index (κ3) is 1.43. The molecule has 1 rings (SSSR count). The minimum atomic E-state index is -4.21. The van der Waals surface area contributed by atoms with Gasteiger partial charge in [0.05, 0.1) is 18.6 Å². The van der Waals surface area contributed by atoms with Crippen molar-refractivity contribution in [2.24, 2.45) is 5.41 Å². The highest BCUT2D eigenvalue weighted by Gasteiger charge is 2.55. The molecule has 0 spiro atoms. The van der Waals surface area contributed by atoms with E-state index in [0.29, 0.717) is 6.42 Å². The average molecular weight is 196 g/mol. The molecule has 0 radical (unpaired) electrons. The smallest absolute Gasteiger partial charge is 0.354 e. The Bertz CT molecular complexity index is 200. The molecule has 12 heavy (non-hydrogen) atoms. The predicted molar refractivity (Wildman–Crippen MR) is 41.6 cm³/mol. The monoisotopic (exact) mass is 196 g/mol. The largest absolute Gasteiger partial charge is 0.396 e. The normalized spacial score (nSPS) is 36.2. The summed E-state index contributed by atoms with van der Waals surface area (Å²) in [5, 5.41) is 8.95. The highest BCUT2D eigenvalue weighted by molar-refractivity contribution is 7.52. The van der Waals surface area contributed by atoms with Gasteiger partial charge in [-0.05, 0) is 6.42 Å². The molecule has 0 aromatic heterocycles. The lowest BCUT2D eigenvalue weighted by molar-refractivity contribution is -0.172. The van der Waals surface area contributed by atoms with E-state index in [-0.39, 0.29) is 13.2 Å². The summed E-state index contributed by atoms with van der Waals surface area (Å²) in [4.78, 5) is 17.6. The Kier molecular flexibility index (Phi) is 2.61. The van der Waals surface area contributed by atoms with Crippen molar-refractivity contribution in [3.05, 3.63) is 0 Å². The van der Waals surface area contributed by atoms with E-state index in [2.05, 4.69) is 0 Å². The Hall–Kier alpha value is 0.0700. The maximum absolute atomic E-state index is 10.8. The second-order valence-corrected chi connectivity index (χ2v) is 4.77. The molecule has 0 amide bonds. The van der Waals surface area contributed by atoms with Crippen LogP contribution in [0, 0.1) is 5.41 Å². The van der Waals surface area contributed by atoms with Crippen molar-refractivity contribution in [2.75, 3.05) is 13.2 Å². The highest BCUT2D eigenvalue weighted by Crippen LogP contribution is 2.57. The van der Waals surface area contributed by atoms with Gasteiger partial charge in [-0.2, -0.15) is 0 Å². The summed E-state index contributed by atoms with van der Waals surface area (Å²) < 4.78 is 15.6. The molecule has 2 unspecified atom stereocenters. The first kappa shape index (κ1) is 10.2. The fourth-order valence-electron chi connectivity index (χ4n) is 1.36. The van der Waals surface area contributed by atoms with E-state index >= 15 is 0 Å². The third-order valence-electron chi connectivity index (χ3n) is 2.38. The highest BCUT2D eigenvalue weighted by atomic mass is 31.2. The van der Waals surface area contributed by atoms with Crippen molar-refractivity contribution >= 4 is 7.60 Å². The van der Waals surface area contributed by atoms with Gasteiger partial charge in [0.15, 0.2) is 5.85 Å². The van der Waals surface area contributed by atoms with E-state index in [4.69, 9.17) is 19.6 Å². The standard InChI is InChI=1S/C6H13O5P/c1-2-6(3-7)4-11-5(6)12(8,9)10/h5,7H,2-4H2,1H3,(H2,8,9,10). The fourth-order valence-corrected chi connectivity index (χ4v) is 2.68. The second-order valence-electron chi connectivity index (χ2n) is 3.13. The Morgan fingerprint density at radius 1 is 1.67 bits per heavy atom. The van der Waals surface area contributed by atoms with Crippen molar-refractivity contribution < 1.29 is 24.2 Å². The second kappa shape index (κ2) is 3.09. The number of hydrogen-bond donors (Lipinski definition) is 3. The fraction of sp³-hybridized carbons (Fsp3) is 1.00. The molecule has 0 bridgehead atoms. The quantitative estimate of drug-likeness (QED) is 0.549. The lowest BCUT2D eigenvalue weighted by Gasteiger charge is -2.47. The van der Waals surface area contributed by atoms with Gasteiger partial charge in [-0.3, -0.25) is 4.57 Å². The Morgan fingerprint density at radius 2 is 2.25 bits per heavy atom. The Labute approximate surface area is 70.5 Å². The van der Waals surface area contributed by atoms with Crippen LogP contribution >= 0.6 is 7.60 Å². The minimum Gasteiger partial charge on any atom is -0.396 e. The minimum absolute atomic E-state index is 0.232. The number of aliphatic hydroxyl groups excluding tert-OH is 1. The first-order valence-electron chi connectivity index (χ1n) is 3.74. The average Bonchev–Trinajstić information content (AvgIpc) is 1.85. The maximum atomic E-state index is 10.8. The molecular formula is C6H13O5P. The van der Waals surface area contributed by atoms with Gasteiger partial charge in [-0.25, -0.2) is 0 Å². The molecule has 0 aromatic carbocycles. The van der Waals surface area contributed by atoms with E-state index in [1.54, 1.807) is 6.92 Å². The molecule has 1 heterocycles. The molecular weight excluding hydrogens is 183 g/mol. The van der Waals surface area contributed by atoms with Gasteiger partial charge in [-0.1, -0.05) is 6.92 Å². The van der Waals surface area contributed by atoms with E-state index in [1.165, 1.54) is 0 Å². The molecule has 3 N–H and O–H groups in total. The van der Waals surface area contributed by atoms with Crippen LogP contribution in [0.1, 0.15) is 13.3 Å². The molecule has 2 atom stereocenters. The summed E-state index contributed by atoms with van der Waals surface area (Å²) in [6.07, 6.45) is 0.513. The van der Waals surface area contributed by atoms with Crippen LogP contribution in [-0.4, -0.2) is 34.0 Å². The SMILES string of the molecule is CCC1(CO)COC1P(=O)(O)O. The maximum Gasteiger partial charge on any atom is 0.354 e. The van der Waals surface area contributed by atoms with Gasteiger partial charge in [0.2, 0.25) is 0 Å². The van der Waals surface area contributed by atoms with Crippen LogP contribution in [0.25, 0.3) is 0 Å². The summed E-state index contributed by atoms with van der Waals surface area (Å²) >= 11 is 0. The Balaban J connectivity index is 2.76. The number of rotatable bonds is 3. The molecule has 0 aromatic rings. The molecule has 1 fully saturated rings. The first-order chi connectivity index (χ1) is 5.46. The molecule has 5 nitrogen and oxygen atoms in total. The van der Waals surface area contributed by atoms with Crippen molar-refractivity contribution in [1.29, 1.82) is 0 Å². The lowest BCUT2D eigenvalue weighted by Crippen LogP contribution is -2.53. The summed E-state index contributed by atoms with van der Waals surface area (Å²) in [6.45, 7) is 1.77. The van der Waals surface area contributed by atoms with E-state index in [9.17, 15) is 4.57 Å². The summed E-state index contributed by atoms with van der Waals surface area (Å²) in [5.41, 5.74) is -0.723. The van der Waals surface area contributed by atoms with Gasteiger partial charge in [0, 0.05) is 0 Å². The van der Waals surface area contributed by atoms with Gasteiger partial charge in [0.25, 0.3) is 0 Å². The van der Waals surface area contributed by atoms with Crippen LogP contribution in [0.15, 0.2) is 0 Å². The molecule has 6 heteroatoms. The number of hydrogen-bond acceptors (Lipinski definition) is 3. The molecule has 1 saturated heterocycles. The van der Waals surface area contributed by atoms with Crippen molar-refractivity contribution in [2.45, 2.75) is 19.2 Å². The first-order valence-corrected chi connectivity index (χ1v) is 5.42. The summed E-state index contributed by atoms with van der Waals surface area (Å²) in [7, 11) is -4.21. The topological polar surface area (TPSA) is 87.0 Å². The van der Waals surface area contributed by atoms with Crippen LogP contribution in [0.2, 0.25) is 0 Å². The molecule has 0 saturated carbocycles. The van der Waals surface area contributed by atoms with Crippen molar-refractivity contribution in [1.82, 2.24) is 0 Å². The van der Waals surface area contributed by atoms with Crippen LogP contribution < -0.4 is 0 Å². The summed E-state index contributed by atoms with van der Waals surface area (Å²) in [5.74, 6) is -1.11. The zero-order valence-electron chi connectivity index (χ0n) is 6.80. The molecule has 1 aliphatic heterocycles. The zero-order chi connectivity index (χ0) is 9.41. The van der Waals surface area contributed by atoms with Crippen LogP contribution in [0.3, 0.4) is 0 Å². The van der Waals surface area contributed by atoms with E-state index < -0.39 is 18.9 Å². The van der Waals surface area contributed by atoms with Crippen LogP contribution in [0.4, 0.5) is 0 Å². The summed E-state index contributed by atoms with van der Waals surface area (Å²) in [6, 6.07) is 0. The molecule has 72 valence electrons. The van der Waals surface area contributed by atoms with Crippen LogP contribution in [0.5, 0.6) is 0 Å². The number of ether oxygens (including phenoxy) is 1.